The SMILES string of the molecule is COc1ccc2cc(-c3csc(NC(=O)c4ccccc4Br)n3)oc2c1. The van der Waals surface area contributed by atoms with Crippen LogP contribution in [0.5, 0.6) is 5.75 Å². The quantitative estimate of drug-likeness (QED) is 0.460. The Morgan fingerprint density at radius 3 is 2.88 bits per heavy atom. The number of carbonyl (C=O) groups excluding carboxylic acids is 1. The Labute approximate surface area is 161 Å². The number of benzene rings is 2. The maximum Gasteiger partial charge on any atom is 0.258 e. The Bertz CT molecular complexity index is 1100. The van der Waals surface area contributed by atoms with Gasteiger partial charge in [-0.3, -0.25) is 10.1 Å². The summed E-state index contributed by atoms with van der Waals surface area (Å²) in [7, 11) is 1.62. The number of hydrogen-bond donors (Lipinski definition) is 1. The van der Waals surface area contributed by atoms with Gasteiger partial charge in [0, 0.05) is 21.3 Å². The van der Waals surface area contributed by atoms with Gasteiger partial charge in [0.05, 0.1) is 12.7 Å². The van der Waals surface area contributed by atoms with Gasteiger partial charge in [-0.15, -0.1) is 11.3 Å². The zero-order chi connectivity index (χ0) is 18.1. The first-order valence-electron chi connectivity index (χ1n) is 7.73. The summed E-state index contributed by atoms with van der Waals surface area (Å²) in [6, 6.07) is 14.8. The summed E-state index contributed by atoms with van der Waals surface area (Å²) in [6.45, 7) is 0. The maximum atomic E-state index is 12.4. The second-order valence-corrected chi connectivity index (χ2v) is 7.20. The van der Waals surface area contributed by atoms with E-state index < -0.39 is 0 Å². The Balaban J connectivity index is 1.58. The number of thiazole rings is 1. The fraction of sp³-hybridized carbons (Fsp3) is 0.0526. The van der Waals surface area contributed by atoms with Crippen LogP contribution in [0.3, 0.4) is 0 Å². The van der Waals surface area contributed by atoms with Crippen LogP contribution < -0.4 is 10.1 Å². The van der Waals surface area contributed by atoms with Crippen molar-refractivity contribution in [3.63, 3.8) is 0 Å². The molecular weight excluding hydrogens is 416 g/mol. The molecule has 0 aliphatic rings. The van der Waals surface area contributed by atoms with Gasteiger partial charge in [0.15, 0.2) is 10.9 Å². The second kappa shape index (κ2) is 6.93. The van der Waals surface area contributed by atoms with Gasteiger partial charge < -0.3 is 9.15 Å². The summed E-state index contributed by atoms with van der Waals surface area (Å²) in [5, 5.41) is 6.15. The smallest absolute Gasteiger partial charge is 0.258 e. The number of rotatable bonds is 4. The molecule has 1 amide bonds. The van der Waals surface area contributed by atoms with Crippen LogP contribution in [0, 0.1) is 0 Å². The van der Waals surface area contributed by atoms with Gasteiger partial charge in [0.2, 0.25) is 0 Å². The summed E-state index contributed by atoms with van der Waals surface area (Å²) >= 11 is 4.73. The molecule has 0 radical (unpaired) electrons. The summed E-state index contributed by atoms with van der Waals surface area (Å²) in [5.74, 6) is 1.16. The number of amides is 1. The first-order chi connectivity index (χ1) is 12.6. The zero-order valence-electron chi connectivity index (χ0n) is 13.7. The lowest BCUT2D eigenvalue weighted by molar-refractivity contribution is 0.102. The number of halogens is 1. The number of carbonyl (C=O) groups is 1. The number of hydrogen-bond acceptors (Lipinski definition) is 5. The highest BCUT2D eigenvalue weighted by atomic mass is 79.9. The first-order valence-corrected chi connectivity index (χ1v) is 9.40. The van der Waals surface area contributed by atoms with E-state index in [9.17, 15) is 4.79 Å². The van der Waals surface area contributed by atoms with E-state index in [2.05, 4.69) is 26.2 Å². The number of aromatic nitrogens is 1. The third-order valence-electron chi connectivity index (χ3n) is 3.82. The van der Waals surface area contributed by atoms with Crippen molar-refractivity contribution in [1.82, 2.24) is 4.98 Å². The van der Waals surface area contributed by atoms with Gasteiger partial charge in [0.1, 0.15) is 17.0 Å². The highest BCUT2D eigenvalue weighted by Crippen LogP contribution is 2.32. The van der Waals surface area contributed by atoms with Crippen molar-refractivity contribution in [2.75, 3.05) is 12.4 Å². The van der Waals surface area contributed by atoms with Crippen LogP contribution in [-0.4, -0.2) is 18.0 Å². The van der Waals surface area contributed by atoms with Gasteiger partial charge in [0.25, 0.3) is 5.91 Å². The number of anilines is 1. The summed E-state index contributed by atoms with van der Waals surface area (Å²) in [5.41, 5.74) is 1.96. The fourth-order valence-electron chi connectivity index (χ4n) is 2.52. The molecule has 0 spiro atoms. The number of methoxy groups -OCH3 is 1. The van der Waals surface area contributed by atoms with Crippen molar-refractivity contribution in [2.45, 2.75) is 0 Å². The highest BCUT2D eigenvalue weighted by molar-refractivity contribution is 9.10. The van der Waals surface area contributed by atoms with Crippen molar-refractivity contribution in [1.29, 1.82) is 0 Å². The predicted octanol–water partition coefficient (Wildman–Crippen LogP) is 5.58. The van der Waals surface area contributed by atoms with Gasteiger partial charge in [-0.05, 0) is 46.3 Å². The van der Waals surface area contributed by atoms with E-state index in [0.29, 0.717) is 22.1 Å². The minimum atomic E-state index is -0.215. The lowest BCUT2D eigenvalue weighted by Crippen LogP contribution is -2.12. The van der Waals surface area contributed by atoms with Crippen LogP contribution >= 0.6 is 27.3 Å². The van der Waals surface area contributed by atoms with Crippen LogP contribution in [-0.2, 0) is 0 Å². The molecule has 1 N–H and O–H groups in total. The molecule has 4 rings (SSSR count). The van der Waals surface area contributed by atoms with E-state index in [4.69, 9.17) is 9.15 Å². The Hall–Kier alpha value is -2.64. The molecule has 4 aromatic rings. The lowest BCUT2D eigenvalue weighted by atomic mass is 10.2. The predicted molar refractivity (Wildman–Crippen MR) is 106 cm³/mol. The number of furan rings is 1. The van der Waals surface area contributed by atoms with Crippen molar-refractivity contribution < 1.29 is 13.9 Å². The normalized spacial score (nSPS) is 10.8. The van der Waals surface area contributed by atoms with E-state index in [1.165, 1.54) is 11.3 Å². The van der Waals surface area contributed by atoms with E-state index in [1.54, 1.807) is 13.2 Å². The minimum absolute atomic E-state index is 0.215. The molecule has 26 heavy (non-hydrogen) atoms. The lowest BCUT2D eigenvalue weighted by Gasteiger charge is -2.03. The average Bonchev–Trinajstić information content (AvgIpc) is 3.27. The molecular formula is C19H13BrN2O3S. The minimum Gasteiger partial charge on any atom is -0.497 e. The summed E-state index contributed by atoms with van der Waals surface area (Å²) in [6.07, 6.45) is 0. The van der Waals surface area contributed by atoms with Crippen LogP contribution in [0.2, 0.25) is 0 Å². The van der Waals surface area contributed by atoms with E-state index >= 15 is 0 Å². The number of nitrogens with one attached hydrogen (secondary N) is 1. The van der Waals surface area contributed by atoms with Gasteiger partial charge >= 0.3 is 0 Å². The molecule has 2 heterocycles. The fourth-order valence-corrected chi connectivity index (χ4v) is 3.68. The molecule has 0 saturated carbocycles. The molecule has 0 fully saturated rings. The van der Waals surface area contributed by atoms with Crippen molar-refractivity contribution >= 4 is 49.3 Å². The zero-order valence-corrected chi connectivity index (χ0v) is 16.1. The average molecular weight is 429 g/mol. The molecule has 7 heteroatoms. The van der Waals surface area contributed by atoms with Gasteiger partial charge in [-0.1, -0.05) is 12.1 Å². The Kier molecular flexibility index (Phi) is 4.48. The van der Waals surface area contributed by atoms with Gasteiger partial charge in [-0.25, -0.2) is 4.98 Å². The van der Waals surface area contributed by atoms with E-state index in [-0.39, 0.29) is 5.91 Å². The summed E-state index contributed by atoms with van der Waals surface area (Å²) in [4.78, 5) is 16.8. The number of ether oxygens (including phenoxy) is 1. The topological polar surface area (TPSA) is 64.4 Å². The monoisotopic (exact) mass is 428 g/mol. The molecule has 0 unspecified atom stereocenters. The molecule has 2 aromatic heterocycles. The molecule has 130 valence electrons. The van der Waals surface area contributed by atoms with Crippen LogP contribution in [0.25, 0.3) is 22.4 Å². The van der Waals surface area contributed by atoms with Crippen molar-refractivity contribution in [3.05, 3.63) is 63.9 Å². The molecule has 0 bridgehead atoms. The van der Waals surface area contributed by atoms with E-state index in [0.717, 1.165) is 21.2 Å². The second-order valence-electron chi connectivity index (χ2n) is 5.49. The van der Waals surface area contributed by atoms with Crippen LogP contribution in [0.1, 0.15) is 10.4 Å². The molecule has 0 atom stereocenters. The molecule has 0 aliphatic heterocycles. The van der Waals surface area contributed by atoms with Crippen LogP contribution in [0.15, 0.2) is 62.8 Å². The largest absolute Gasteiger partial charge is 0.497 e. The maximum absolute atomic E-state index is 12.4. The molecule has 5 nitrogen and oxygen atoms in total. The van der Waals surface area contributed by atoms with Crippen molar-refractivity contribution in [3.8, 4) is 17.2 Å². The third-order valence-corrected chi connectivity index (χ3v) is 5.27. The van der Waals surface area contributed by atoms with Crippen LogP contribution in [0.4, 0.5) is 5.13 Å². The molecule has 0 aliphatic carbocycles. The highest BCUT2D eigenvalue weighted by Gasteiger charge is 2.14. The number of fused-ring (bicyclic) bond motifs is 1. The first kappa shape index (κ1) is 16.8. The third kappa shape index (κ3) is 3.23. The van der Waals surface area contributed by atoms with E-state index in [1.807, 2.05) is 47.8 Å². The van der Waals surface area contributed by atoms with Gasteiger partial charge in [-0.2, -0.15) is 0 Å². The Morgan fingerprint density at radius 1 is 1.23 bits per heavy atom. The summed E-state index contributed by atoms with van der Waals surface area (Å²) < 4.78 is 11.8. The number of nitrogens with zero attached hydrogens (tertiary/aromatic N) is 1. The van der Waals surface area contributed by atoms with Crippen molar-refractivity contribution in [2.24, 2.45) is 0 Å². The molecule has 0 saturated heterocycles. The Morgan fingerprint density at radius 2 is 2.08 bits per heavy atom. The molecule has 2 aromatic carbocycles. The standard InChI is InChI=1S/C19H13BrN2O3S/c1-24-12-7-6-11-8-17(25-16(11)9-12)15-10-26-19(21-15)22-18(23)13-4-2-3-5-14(13)20/h2-10H,1H3,(H,21,22,23).